The number of hydrogen-bond donors (Lipinski definition) is 0. The quantitative estimate of drug-likeness (QED) is 0.652. The van der Waals surface area contributed by atoms with E-state index in [1.54, 1.807) is 16.7 Å². The second-order valence-electron chi connectivity index (χ2n) is 5.09. The topological polar surface area (TPSA) is 0 Å². The Morgan fingerprint density at radius 3 is 2.69 bits per heavy atom. The lowest BCUT2D eigenvalue weighted by Gasteiger charge is -2.27. The highest BCUT2D eigenvalue weighted by atomic mass is 14.5. The van der Waals surface area contributed by atoms with E-state index >= 15 is 0 Å². The second-order valence-corrected chi connectivity index (χ2v) is 5.09. The molecule has 1 atom stereocenters. The van der Waals surface area contributed by atoms with Gasteiger partial charge in [0.05, 0.1) is 0 Å². The Balaban J connectivity index is 2.17. The van der Waals surface area contributed by atoms with Gasteiger partial charge in [0.25, 0.3) is 0 Å². The molecule has 0 aromatic heterocycles. The number of aryl methyl sites for hydroxylation is 1. The van der Waals surface area contributed by atoms with E-state index in [2.05, 4.69) is 43.8 Å². The standard InChI is InChI=1S/C16H18/c1-3-13-8-10-16(12(13)2)11-9-14-6-4-5-7-15(14)16/h3-7H,1,8-11H2,2H3. The van der Waals surface area contributed by atoms with Gasteiger partial charge in [-0.05, 0) is 49.3 Å². The van der Waals surface area contributed by atoms with Gasteiger partial charge in [-0.25, -0.2) is 0 Å². The number of fused-ring (bicyclic) bond motifs is 2. The number of rotatable bonds is 1. The van der Waals surface area contributed by atoms with Crippen LogP contribution in [0.25, 0.3) is 0 Å². The molecule has 0 radical (unpaired) electrons. The Hall–Kier alpha value is -1.30. The zero-order valence-electron chi connectivity index (χ0n) is 9.92. The molecule has 0 N–H and O–H groups in total. The second kappa shape index (κ2) is 3.35. The first-order chi connectivity index (χ1) is 7.78. The summed E-state index contributed by atoms with van der Waals surface area (Å²) in [6, 6.07) is 8.98. The molecule has 82 valence electrons. The van der Waals surface area contributed by atoms with Crippen molar-refractivity contribution in [3.8, 4) is 0 Å². The minimum absolute atomic E-state index is 0.361. The highest BCUT2D eigenvalue weighted by molar-refractivity contribution is 5.51. The van der Waals surface area contributed by atoms with Crippen molar-refractivity contribution in [1.29, 1.82) is 0 Å². The molecule has 0 amide bonds. The van der Waals surface area contributed by atoms with Gasteiger partial charge < -0.3 is 0 Å². The molecule has 0 bridgehead atoms. The van der Waals surface area contributed by atoms with Crippen LogP contribution in [-0.2, 0) is 11.8 Å². The van der Waals surface area contributed by atoms with Crippen LogP contribution in [0.3, 0.4) is 0 Å². The first-order valence-electron chi connectivity index (χ1n) is 6.19. The Morgan fingerprint density at radius 1 is 1.19 bits per heavy atom. The van der Waals surface area contributed by atoms with Crippen LogP contribution in [0.4, 0.5) is 0 Å². The van der Waals surface area contributed by atoms with Crippen LogP contribution in [0.5, 0.6) is 0 Å². The molecule has 2 aliphatic rings. The van der Waals surface area contributed by atoms with E-state index in [9.17, 15) is 0 Å². The molecule has 0 fully saturated rings. The lowest BCUT2D eigenvalue weighted by Crippen LogP contribution is -2.20. The molecular formula is C16H18. The minimum atomic E-state index is 0.361. The summed E-state index contributed by atoms with van der Waals surface area (Å²) in [5, 5.41) is 0. The van der Waals surface area contributed by atoms with E-state index in [4.69, 9.17) is 0 Å². The molecule has 0 heteroatoms. The summed E-state index contributed by atoms with van der Waals surface area (Å²) in [4.78, 5) is 0. The smallest absolute Gasteiger partial charge is 0.0174 e. The lowest BCUT2D eigenvalue weighted by atomic mass is 9.76. The van der Waals surface area contributed by atoms with Crippen LogP contribution < -0.4 is 0 Å². The fourth-order valence-corrected chi connectivity index (χ4v) is 3.62. The van der Waals surface area contributed by atoms with E-state index in [-0.39, 0.29) is 0 Å². The summed E-state index contributed by atoms with van der Waals surface area (Å²) in [6.07, 6.45) is 7.11. The fraction of sp³-hybridized carbons (Fsp3) is 0.375. The fourth-order valence-electron chi connectivity index (χ4n) is 3.62. The molecule has 2 aliphatic carbocycles. The Kier molecular flexibility index (Phi) is 2.07. The lowest BCUT2D eigenvalue weighted by molar-refractivity contribution is 0.493. The maximum atomic E-state index is 3.95. The van der Waals surface area contributed by atoms with Crippen LogP contribution >= 0.6 is 0 Å². The van der Waals surface area contributed by atoms with Gasteiger partial charge in [0, 0.05) is 5.41 Å². The summed E-state index contributed by atoms with van der Waals surface area (Å²) in [5.74, 6) is 0. The molecule has 0 aliphatic heterocycles. The number of benzene rings is 1. The summed E-state index contributed by atoms with van der Waals surface area (Å²) in [5.41, 5.74) is 6.57. The Labute approximate surface area is 97.7 Å². The van der Waals surface area contributed by atoms with Crippen molar-refractivity contribution in [2.24, 2.45) is 0 Å². The van der Waals surface area contributed by atoms with E-state index in [0.717, 1.165) is 0 Å². The first-order valence-corrected chi connectivity index (χ1v) is 6.19. The number of hydrogen-bond acceptors (Lipinski definition) is 0. The third kappa shape index (κ3) is 1.10. The average Bonchev–Trinajstić information content (AvgIpc) is 2.85. The van der Waals surface area contributed by atoms with Gasteiger partial charge in [-0.2, -0.15) is 0 Å². The molecule has 1 aromatic rings. The SMILES string of the molecule is C=CC1=C(C)C2(CC1)CCc1ccccc12. The molecule has 16 heavy (non-hydrogen) atoms. The van der Waals surface area contributed by atoms with Crippen molar-refractivity contribution >= 4 is 0 Å². The van der Waals surface area contributed by atoms with E-state index in [1.807, 2.05) is 0 Å². The van der Waals surface area contributed by atoms with Gasteiger partial charge in [0.2, 0.25) is 0 Å². The average molecular weight is 210 g/mol. The van der Waals surface area contributed by atoms with Crippen molar-refractivity contribution in [3.05, 3.63) is 59.2 Å². The summed E-state index contributed by atoms with van der Waals surface area (Å²) >= 11 is 0. The third-order valence-corrected chi connectivity index (χ3v) is 4.62. The molecule has 0 saturated heterocycles. The maximum Gasteiger partial charge on any atom is 0.0174 e. The molecule has 0 saturated carbocycles. The van der Waals surface area contributed by atoms with E-state index < -0.39 is 0 Å². The van der Waals surface area contributed by atoms with E-state index in [1.165, 1.54) is 31.3 Å². The van der Waals surface area contributed by atoms with Crippen LogP contribution in [0, 0.1) is 0 Å². The van der Waals surface area contributed by atoms with Gasteiger partial charge in [0.15, 0.2) is 0 Å². The maximum absolute atomic E-state index is 3.95. The number of allylic oxidation sites excluding steroid dienone is 3. The van der Waals surface area contributed by atoms with Crippen molar-refractivity contribution in [1.82, 2.24) is 0 Å². The molecule has 3 rings (SSSR count). The highest BCUT2D eigenvalue weighted by Gasteiger charge is 2.43. The molecule has 1 spiro atoms. The van der Waals surface area contributed by atoms with Gasteiger partial charge in [-0.1, -0.05) is 42.5 Å². The normalized spacial score (nSPS) is 27.6. The van der Waals surface area contributed by atoms with Crippen LogP contribution in [0.15, 0.2) is 48.1 Å². The van der Waals surface area contributed by atoms with Gasteiger partial charge in [-0.3, -0.25) is 0 Å². The highest BCUT2D eigenvalue weighted by Crippen LogP contribution is 2.52. The molecule has 0 heterocycles. The monoisotopic (exact) mass is 210 g/mol. The van der Waals surface area contributed by atoms with Gasteiger partial charge in [-0.15, -0.1) is 0 Å². The van der Waals surface area contributed by atoms with Crippen molar-refractivity contribution < 1.29 is 0 Å². The molecular weight excluding hydrogens is 192 g/mol. The summed E-state index contributed by atoms with van der Waals surface area (Å²) in [7, 11) is 0. The van der Waals surface area contributed by atoms with Crippen molar-refractivity contribution in [2.75, 3.05) is 0 Å². The zero-order chi connectivity index (χ0) is 11.2. The Bertz CT molecular complexity index is 479. The molecule has 1 unspecified atom stereocenters. The predicted molar refractivity (Wildman–Crippen MR) is 68.6 cm³/mol. The predicted octanol–water partition coefficient (Wildman–Crippen LogP) is 4.17. The first kappa shape index (κ1) is 9.89. The largest absolute Gasteiger partial charge is 0.0988 e. The van der Waals surface area contributed by atoms with Crippen LogP contribution in [-0.4, -0.2) is 0 Å². The minimum Gasteiger partial charge on any atom is -0.0988 e. The summed E-state index contributed by atoms with van der Waals surface area (Å²) < 4.78 is 0. The van der Waals surface area contributed by atoms with Crippen LogP contribution in [0.1, 0.15) is 37.3 Å². The summed E-state index contributed by atoms with van der Waals surface area (Å²) in [6.45, 7) is 6.26. The van der Waals surface area contributed by atoms with Gasteiger partial charge in [0.1, 0.15) is 0 Å². The zero-order valence-corrected chi connectivity index (χ0v) is 9.92. The van der Waals surface area contributed by atoms with Crippen molar-refractivity contribution in [3.63, 3.8) is 0 Å². The van der Waals surface area contributed by atoms with Gasteiger partial charge >= 0.3 is 0 Å². The molecule has 0 nitrogen and oxygen atoms in total. The molecule has 1 aromatic carbocycles. The van der Waals surface area contributed by atoms with Crippen molar-refractivity contribution in [2.45, 2.75) is 38.0 Å². The van der Waals surface area contributed by atoms with E-state index in [0.29, 0.717) is 5.41 Å². The Morgan fingerprint density at radius 2 is 1.94 bits per heavy atom. The third-order valence-electron chi connectivity index (χ3n) is 4.62. The van der Waals surface area contributed by atoms with Crippen LogP contribution in [0.2, 0.25) is 0 Å².